The van der Waals surface area contributed by atoms with Gasteiger partial charge in [-0.25, -0.2) is 13.6 Å². The number of carbonyl (C=O) groups is 3. The minimum absolute atomic E-state index is 0.0167. The summed E-state index contributed by atoms with van der Waals surface area (Å²) < 4.78 is 22.4. The topological polar surface area (TPSA) is 130 Å². The second-order valence-electron chi connectivity index (χ2n) is 6.35. The highest BCUT2D eigenvalue weighted by Crippen LogP contribution is 2.09. The quantitative estimate of drug-likeness (QED) is 0.600. The molecule has 10 heteroatoms. The van der Waals surface area contributed by atoms with Crippen LogP contribution in [-0.2, 0) is 30.8 Å². The predicted octanol–water partition coefficient (Wildman–Crippen LogP) is -0.926. The largest absolute Gasteiger partial charge is 0.355 e. The van der Waals surface area contributed by atoms with E-state index in [2.05, 4.69) is 5.32 Å². The summed E-state index contributed by atoms with van der Waals surface area (Å²) in [6.07, 6.45) is 0.270. The number of primary sulfonamides is 1. The summed E-state index contributed by atoms with van der Waals surface area (Å²) in [6, 6.07) is 6.09. The zero-order chi connectivity index (χ0) is 20.0. The average molecular weight is 396 g/mol. The van der Waals surface area contributed by atoms with Crippen molar-refractivity contribution < 1.29 is 22.8 Å². The number of rotatable bonds is 6. The van der Waals surface area contributed by atoms with Gasteiger partial charge >= 0.3 is 0 Å². The number of nitrogens with zero attached hydrogens (tertiary/aromatic N) is 2. The van der Waals surface area contributed by atoms with Crippen molar-refractivity contribution in [3.05, 3.63) is 29.8 Å². The molecule has 2 rings (SSSR count). The average Bonchev–Trinajstić information content (AvgIpc) is 2.61. The van der Waals surface area contributed by atoms with Crippen molar-refractivity contribution in [2.24, 2.45) is 5.14 Å². The van der Waals surface area contributed by atoms with Gasteiger partial charge in [-0.2, -0.15) is 0 Å². The molecule has 1 fully saturated rings. The van der Waals surface area contributed by atoms with Crippen LogP contribution in [0.3, 0.4) is 0 Å². The molecule has 1 saturated heterocycles. The highest BCUT2D eigenvalue weighted by atomic mass is 32.2. The third kappa shape index (κ3) is 6.33. The first kappa shape index (κ1) is 20.8. The molecule has 0 spiro atoms. The molecule has 27 heavy (non-hydrogen) atoms. The van der Waals surface area contributed by atoms with E-state index in [1.165, 1.54) is 19.1 Å². The SMILES string of the molecule is CC(=O)N1CCN(C(=O)CC(=O)NCCc2ccc(S(N)(=O)=O)cc2)CC1. The van der Waals surface area contributed by atoms with Crippen molar-refractivity contribution in [2.45, 2.75) is 24.7 Å². The molecular weight excluding hydrogens is 372 g/mol. The van der Waals surface area contributed by atoms with E-state index in [0.717, 1.165) is 5.56 Å². The van der Waals surface area contributed by atoms with E-state index in [9.17, 15) is 22.8 Å². The summed E-state index contributed by atoms with van der Waals surface area (Å²) >= 11 is 0. The summed E-state index contributed by atoms with van der Waals surface area (Å²) in [7, 11) is -3.72. The van der Waals surface area contributed by atoms with E-state index in [1.54, 1.807) is 21.9 Å². The molecule has 0 radical (unpaired) electrons. The Balaban J connectivity index is 1.72. The van der Waals surface area contributed by atoms with Crippen LogP contribution in [0.5, 0.6) is 0 Å². The van der Waals surface area contributed by atoms with Gasteiger partial charge in [0.1, 0.15) is 6.42 Å². The van der Waals surface area contributed by atoms with Crippen molar-refractivity contribution in [2.75, 3.05) is 32.7 Å². The maximum atomic E-state index is 12.1. The highest BCUT2D eigenvalue weighted by Gasteiger charge is 2.23. The molecule has 0 unspecified atom stereocenters. The van der Waals surface area contributed by atoms with E-state index < -0.39 is 10.0 Å². The van der Waals surface area contributed by atoms with Gasteiger partial charge in [-0.05, 0) is 24.1 Å². The number of sulfonamides is 1. The van der Waals surface area contributed by atoms with Crippen molar-refractivity contribution in [1.29, 1.82) is 0 Å². The molecule has 3 N–H and O–H groups in total. The molecule has 9 nitrogen and oxygen atoms in total. The van der Waals surface area contributed by atoms with Gasteiger partial charge in [0.05, 0.1) is 4.90 Å². The van der Waals surface area contributed by atoms with Crippen molar-refractivity contribution in [1.82, 2.24) is 15.1 Å². The molecule has 148 valence electrons. The molecule has 1 aromatic carbocycles. The molecule has 1 aromatic rings. The molecule has 3 amide bonds. The van der Waals surface area contributed by atoms with Crippen LogP contribution >= 0.6 is 0 Å². The van der Waals surface area contributed by atoms with Crippen molar-refractivity contribution >= 4 is 27.7 Å². The van der Waals surface area contributed by atoms with E-state index >= 15 is 0 Å². The normalized spacial score (nSPS) is 14.7. The van der Waals surface area contributed by atoms with Crippen LogP contribution in [0.4, 0.5) is 0 Å². The number of nitrogens with one attached hydrogen (secondary N) is 1. The summed E-state index contributed by atoms with van der Waals surface area (Å²) in [4.78, 5) is 38.6. The molecule has 1 aliphatic heterocycles. The molecular formula is C17H24N4O5S. The fraction of sp³-hybridized carbons (Fsp3) is 0.471. The first-order valence-corrected chi connectivity index (χ1v) is 10.1. The fourth-order valence-electron chi connectivity index (χ4n) is 2.77. The summed E-state index contributed by atoms with van der Waals surface area (Å²) in [6.45, 7) is 3.66. The first-order chi connectivity index (χ1) is 12.7. The Morgan fingerprint density at radius 2 is 1.59 bits per heavy atom. The Kier molecular flexibility index (Phi) is 6.92. The zero-order valence-corrected chi connectivity index (χ0v) is 16.0. The first-order valence-electron chi connectivity index (χ1n) is 8.58. The molecule has 0 atom stereocenters. The van der Waals surface area contributed by atoms with Crippen molar-refractivity contribution in [3.8, 4) is 0 Å². The summed E-state index contributed by atoms with van der Waals surface area (Å²) in [5.74, 6) is -0.639. The highest BCUT2D eigenvalue weighted by molar-refractivity contribution is 7.89. The Bertz CT molecular complexity index is 799. The third-order valence-corrected chi connectivity index (χ3v) is 5.31. The number of carbonyl (C=O) groups excluding carboxylic acids is 3. The van der Waals surface area contributed by atoms with Crippen molar-refractivity contribution in [3.63, 3.8) is 0 Å². The molecule has 1 aliphatic rings. The number of hydrogen-bond acceptors (Lipinski definition) is 5. The molecule has 0 aromatic heterocycles. The van der Waals surface area contributed by atoms with Crippen LogP contribution in [0.2, 0.25) is 0 Å². The monoisotopic (exact) mass is 396 g/mol. The van der Waals surface area contributed by atoms with Gasteiger partial charge in [-0.15, -0.1) is 0 Å². The maximum absolute atomic E-state index is 12.1. The van der Waals surface area contributed by atoms with Crippen LogP contribution in [0.15, 0.2) is 29.2 Å². The van der Waals surface area contributed by atoms with E-state index in [0.29, 0.717) is 39.1 Å². The summed E-state index contributed by atoms with van der Waals surface area (Å²) in [5.41, 5.74) is 0.842. The van der Waals surface area contributed by atoms with Gasteiger partial charge in [-0.3, -0.25) is 14.4 Å². The lowest BCUT2D eigenvalue weighted by Gasteiger charge is -2.34. The van der Waals surface area contributed by atoms with E-state index in [-0.39, 0.29) is 29.0 Å². The van der Waals surface area contributed by atoms with Crippen LogP contribution in [0.1, 0.15) is 18.9 Å². The lowest BCUT2D eigenvalue weighted by atomic mass is 10.1. The Labute approximate surface area is 158 Å². The summed E-state index contributed by atoms with van der Waals surface area (Å²) in [5, 5.41) is 7.72. The van der Waals surface area contributed by atoms with Crippen LogP contribution in [0.25, 0.3) is 0 Å². The number of benzene rings is 1. The smallest absolute Gasteiger partial charge is 0.238 e. The van der Waals surface area contributed by atoms with Gasteiger partial charge in [-0.1, -0.05) is 12.1 Å². The van der Waals surface area contributed by atoms with Crippen LogP contribution in [-0.4, -0.2) is 68.7 Å². The van der Waals surface area contributed by atoms with Gasteiger partial charge in [0.25, 0.3) is 0 Å². The van der Waals surface area contributed by atoms with Gasteiger partial charge in [0, 0.05) is 39.6 Å². The molecule has 0 saturated carbocycles. The Morgan fingerprint density at radius 3 is 2.11 bits per heavy atom. The number of amides is 3. The lowest BCUT2D eigenvalue weighted by Crippen LogP contribution is -2.50. The van der Waals surface area contributed by atoms with Crippen LogP contribution in [0, 0.1) is 0 Å². The Hall–Kier alpha value is -2.46. The molecule has 1 heterocycles. The van der Waals surface area contributed by atoms with Gasteiger partial charge in [0.2, 0.25) is 27.7 Å². The second kappa shape index (κ2) is 8.96. The molecule has 0 aliphatic carbocycles. The fourth-order valence-corrected chi connectivity index (χ4v) is 3.29. The minimum atomic E-state index is -3.72. The van der Waals surface area contributed by atoms with Crippen LogP contribution < -0.4 is 10.5 Å². The van der Waals surface area contributed by atoms with Gasteiger partial charge < -0.3 is 15.1 Å². The zero-order valence-electron chi connectivity index (χ0n) is 15.2. The molecule has 0 bridgehead atoms. The maximum Gasteiger partial charge on any atom is 0.238 e. The second-order valence-corrected chi connectivity index (χ2v) is 7.91. The predicted molar refractivity (Wildman–Crippen MR) is 98.0 cm³/mol. The number of piperazine rings is 1. The van der Waals surface area contributed by atoms with E-state index in [4.69, 9.17) is 5.14 Å². The Morgan fingerprint density at radius 1 is 1.04 bits per heavy atom. The van der Waals surface area contributed by atoms with E-state index in [1.807, 2.05) is 0 Å². The third-order valence-electron chi connectivity index (χ3n) is 4.38. The van der Waals surface area contributed by atoms with Gasteiger partial charge in [0.15, 0.2) is 0 Å². The number of nitrogens with two attached hydrogens (primary N) is 1. The lowest BCUT2D eigenvalue weighted by molar-refractivity contribution is -0.141. The number of hydrogen-bond donors (Lipinski definition) is 2. The standard InChI is InChI=1S/C17H24N4O5S/c1-13(22)20-8-10-21(11-9-20)17(24)12-16(23)19-7-6-14-2-4-15(5-3-14)27(18,25)26/h2-5H,6-12H2,1H3,(H,19,23)(H2,18,25,26). The minimum Gasteiger partial charge on any atom is -0.355 e.